The third-order valence-corrected chi connectivity index (χ3v) is 4.40. The van der Waals surface area contributed by atoms with Crippen LogP contribution in [-0.2, 0) is 14.8 Å². The van der Waals surface area contributed by atoms with Crippen molar-refractivity contribution < 1.29 is 18.3 Å². The lowest BCUT2D eigenvalue weighted by molar-refractivity contribution is -0.142. The van der Waals surface area contributed by atoms with Crippen LogP contribution in [-0.4, -0.2) is 25.0 Å². The smallest absolute Gasteiger partial charge is 0.329 e. The summed E-state index contributed by atoms with van der Waals surface area (Å²) in [6.45, 7) is 1.56. The van der Waals surface area contributed by atoms with E-state index in [-0.39, 0.29) is 16.5 Å². The van der Waals surface area contributed by atoms with Crippen LogP contribution in [0.4, 0.5) is 5.69 Å². The highest BCUT2D eigenvalue weighted by Crippen LogP contribution is 2.42. The van der Waals surface area contributed by atoms with Gasteiger partial charge in [-0.05, 0) is 37.8 Å². The monoisotopic (exact) mass is 284 g/mol. The first-order valence-electron chi connectivity index (χ1n) is 5.88. The van der Waals surface area contributed by atoms with Crippen molar-refractivity contribution >= 4 is 21.7 Å². The molecule has 1 fully saturated rings. The van der Waals surface area contributed by atoms with Crippen LogP contribution < -0.4 is 10.5 Å². The highest BCUT2D eigenvalue weighted by molar-refractivity contribution is 7.89. The fourth-order valence-corrected chi connectivity index (χ4v) is 2.78. The van der Waals surface area contributed by atoms with Crippen LogP contribution in [0.3, 0.4) is 0 Å². The number of hydrogen-bond acceptors (Lipinski definition) is 4. The molecule has 0 amide bonds. The van der Waals surface area contributed by atoms with Gasteiger partial charge in [0.15, 0.2) is 0 Å². The number of benzene rings is 1. The van der Waals surface area contributed by atoms with Crippen LogP contribution in [0.15, 0.2) is 29.2 Å². The molecule has 1 aliphatic rings. The Morgan fingerprint density at radius 2 is 2.00 bits per heavy atom. The number of carbonyl (C=O) groups is 1. The molecule has 4 N–H and O–H groups in total. The molecule has 1 atom stereocenters. The normalized spacial score (nSPS) is 18.6. The van der Waals surface area contributed by atoms with Crippen molar-refractivity contribution in [1.29, 1.82) is 0 Å². The van der Waals surface area contributed by atoms with E-state index in [1.165, 1.54) is 12.1 Å². The number of carboxylic acids is 1. The molecule has 1 aromatic carbocycles. The Balaban J connectivity index is 2.41. The maximum absolute atomic E-state index is 11.5. The fourth-order valence-electron chi connectivity index (χ4n) is 2.09. The van der Waals surface area contributed by atoms with Crippen LogP contribution in [0.1, 0.15) is 19.8 Å². The second-order valence-electron chi connectivity index (χ2n) is 4.95. The third kappa shape index (κ3) is 2.71. The average molecular weight is 284 g/mol. The van der Waals surface area contributed by atoms with Gasteiger partial charge in [0.1, 0.15) is 10.4 Å². The molecule has 1 saturated carbocycles. The van der Waals surface area contributed by atoms with Crippen molar-refractivity contribution in [1.82, 2.24) is 0 Å². The lowest BCUT2D eigenvalue weighted by Crippen LogP contribution is -2.46. The summed E-state index contributed by atoms with van der Waals surface area (Å²) in [4.78, 5) is 11.3. The Morgan fingerprint density at radius 3 is 2.47 bits per heavy atom. The summed E-state index contributed by atoms with van der Waals surface area (Å²) in [7, 11) is -3.89. The fraction of sp³-hybridized carbons (Fsp3) is 0.417. The Labute approximate surface area is 111 Å². The summed E-state index contributed by atoms with van der Waals surface area (Å²) in [6.07, 6.45) is 1.63. The predicted octanol–water partition coefficient (Wildman–Crippen LogP) is 0.999. The Bertz CT molecular complexity index is 610. The molecule has 0 radical (unpaired) electrons. The quantitative estimate of drug-likeness (QED) is 0.747. The van der Waals surface area contributed by atoms with Gasteiger partial charge in [-0.3, -0.25) is 0 Å². The van der Waals surface area contributed by atoms with Gasteiger partial charge in [-0.15, -0.1) is 0 Å². The summed E-state index contributed by atoms with van der Waals surface area (Å²) in [6, 6.07) is 6.04. The van der Waals surface area contributed by atoms with E-state index in [0.717, 1.165) is 12.8 Å². The molecule has 0 aliphatic heterocycles. The number of aliphatic carboxylic acids is 1. The SMILES string of the molecule is CC(Nc1ccccc1S(N)(=O)=O)(C(=O)O)C1CC1. The third-order valence-electron chi connectivity index (χ3n) is 3.43. The number of rotatable bonds is 5. The van der Waals surface area contributed by atoms with Gasteiger partial charge in [-0.2, -0.15) is 0 Å². The van der Waals surface area contributed by atoms with Crippen molar-refractivity contribution in [2.45, 2.75) is 30.2 Å². The molecular weight excluding hydrogens is 268 g/mol. The molecular formula is C12H16N2O4S. The van der Waals surface area contributed by atoms with E-state index in [4.69, 9.17) is 5.14 Å². The number of sulfonamides is 1. The minimum absolute atomic E-state index is 0.00136. The summed E-state index contributed by atoms with van der Waals surface area (Å²) in [5.74, 6) is -1.00. The van der Waals surface area contributed by atoms with Crippen molar-refractivity contribution in [3.63, 3.8) is 0 Å². The summed E-state index contributed by atoms with van der Waals surface area (Å²) in [5.41, 5.74) is -0.956. The van der Waals surface area contributed by atoms with E-state index in [9.17, 15) is 18.3 Å². The maximum atomic E-state index is 11.5. The first kappa shape index (κ1) is 13.8. The number of anilines is 1. The molecule has 0 bridgehead atoms. The molecule has 7 heteroatoms. The van der Waals surface area contributed by atoms with Gasteiger partial charge in [-0.1, -0.05) is 12.1 Å². The minimum Gasteiger partial charge on any atom is -0.480 e. The standard InChI is InChI=1S/C12H16N2O4S/c1-12(11(15)16,8-6-7-8)14-9-4-2-3-5-10(9)19(13,17)18/h2-5,8,14H,6-7H2,1H3,(H,15,16)(H2,13,17,18). The number of hydrogen-bond donors (Lipinski definition) is 3. The zero-order chi connectivity index (χ0) is 14.3. The maximum Gasteiger partial charge on any atom is 0.329 e. The first-order valence-corrected chi connectivity index (χ1v) is 7.43. The van der Waals surface area contributed by atoms with Gasteiger partial charge in [0.2, 0.25) is 10.0 Å². The number of carboxylic acid groups (broad SMARTS) is 1. The average Bonchev–Trinajstić information content (AvgIpc) is 3.11. The molecule has 1 unspecified atom stereocenters. The summed E-state index contributed by atoms with van der Waals surface area (Å²) < 4.78 is 23.0. The molecule has 0 saturated heterocycles. The number of nitrogens with two attached hydrogens (primary N) is 1. The topological polar surface area (TPSA) is 109 Å². The van der Waals surface area contributed by atoms with Crippen LogP contribution in [0, 0.1) is 5.92 Å². The lowest BCUT2D eigenvalue weighted by Gasteiger charge is -2.28. The van der Waals surface area contributed by atoms with Crippen LogP contribution in [0.2, 0.25) is 0 Å². The van der Waals surface area contributed by atoms with E-state index in [1.54, 1.807) is 19.1 Å². The van der Waals surface area contributed by atoms with Crippen LogP contribution in [0.25, 0.3) is 0 Å². The molecule has 0 aromatic heterocycles. The van der Waals surface area contributed by atoms with E-state index < -0.39 is 21.5 Å². The Morgan fingerprint density at radius 1 is 1.42 bits per heavy atom. The minimum atomic E-state index is -3.89. The molecule has 2 rings (SSSR count). The van der Waals surface area contributed by atoms with E-state index in [2.05, 4.69) is 5.32 Å². The molecule has 1 aliphatic carbocycles. The summed E-state index contributed by atoms with van der Waals surface area (Å²) >= 11 is 0. The largest absolute Gasteiger partial charge is 0.480 e. The van der Waals surface area contributed by atoms with Gasteiger partial charge in [0, 0.05) is 0 Å². The summed E-state index contributed by atoms with van der Waals surface area (Å²) in [5, 5.41) is 17.3. The number of para-hydroxylation sites is 1. The number of nitrogens with one attached hydrogen (secondary N) is 1. The van der Waals surface area contributed by atoms with E-state index in [1.807, 2.05) is 0 Å². The first-order chi connectivity index (χ1) is 8.75. The van der Waals surface area contributed by atoms with Crippen molar-refractivity contribution in [3.8, 4) is 0 Å². The van der Waals surface area contributed by atoms with E-state index >= 15 is 0 Å². The van der Waals surface area contributed by atoms with E-state index in [0.29, 0.717) is 0 Å². The Kier molecular flexibility index (Phi) is 3.27. The molecule has 0 spiro atoms. The van der Waals surface area contributed by atoms with Gasteiger partial charge in [0.25, 0.3) is 0 Å². The van der Waals surface area contributed by atoms with Crippen LogP contribution >= 0.6 is 0 Å². The zero-order valence-electron chi connectivity index (χ0n) is 10.5. The zero-order valence-corrected chi connectivity index (χ0v) is 11.3. The second-order valence-corrected chi connectivity index (χ2v) is 6.48. The second kappa shape index (κ2) is 4.50. The predicted molar refractivity (Wildman–Crippen MR) is 70.2 cm³/mol. The van der Waals surface area contributed by atoms with Crippen molar-refractivity contribution in [2.75, 3.05) is 5.32 Å². The highest BCUT2D eigenvalue weighted by Gasteiger charge is 2.48. The molecule has 0 heterocycles. The van der Waals surface area contributed by atoms with Crippen LogP contribution in [0.5, 0.6) is 0 Å². The van der Waals surface area contributed by atoms with Crippen molar-refractivity contribution in [2.24, 2.45) is 11.1 Å². The van der Waals surface area contributed by atoms with Crippen molar-refractivity contribution in [3.05, 3.63) is 24.3 Å². The molecule has 19 heavy (non-hydrogen) atoms. The molecule has 6 nitrogen and oxygen atoms in total. The van der Waals surface area contributed by atoms with Gasteiger partial charge in [0.05, 0.1) is 5.69 Å². The number of primary sulfonamides is 1. The van der Waals surface area contributed by atoms with Gasteiger partial charge >= 0.3 is 5.97 Å². The van der Waals surface area contributed by atoms with Gasteiger partial charge < -0.3 is 10.4 Å². The highest BCUT2D eigenvalue weighted by atomic mass is 32.2. The lowest BCUT2D eigenvalue weighted by atomic mass is 9.95. The Hall–Kier alpha value is -1.60. The van der Waals surface area contributed by atoms with Gasteiger partial charge in [-0.25, -0.2) is 18.4 Å². The molecule has 104 valence electrons. The molecule has 1 aromatic rings.